The van der Waals surface area contributed by atoms with Gasteiger partial charge in [-0.2, -0.15) is 0 Å². The first-order valence-electron chi connectivity index (χ1n) is 13.3. The van der Waals surface area contributed by atoms with E-state index in [0.29, 0.717) is 29.7 Å². The summed E-state index contributed by atoms with van der Waals surface area (Å²) in [5.41, 5.74) is 2.92. The molecule has 0 saturated heterocycles. The van der Waals surface area contributed by atoms with Gasteiger partial charge in [0, 0.05) is 17.5 Å². The zero-order valence-corrected chi connectivity index (χ0v) is 22.9. The molecule has 2 aliphatic heterocycles. The third-order valence-corrected chi connectivity index (χ3v) is 7.68. The van der Waals surface area contributed by atoms with Crippen molar-refractivity contribution in [1.82, 2.24) is 4.90 Å². The number of amides is 1. The molecule has 8 nitrogen and oxygen atoms in total. The van der Waals surface area contributed by atoms with Crippen LogP contribution in [-0.2, 0) is 17.8 Å². The number of nitrogens with zero attached hydrogens (tertiary/aromatic N) is 1. The van der Waals surface area contributed by atoms with Gasteiger partial charge in [0.25, 0.3) is 5.91 Å². The number of hydrogen-bond acceptors (Lipinski definition) is 6. The standard InChI is InChI=1S/C31H37NO7/c1-18(2)8-5-9-19(3)10-7-13-31(4)26(35)16-23-25(34)15-22-24(28(23)39-31)17-32(29(22)36)27(30(37)38)20-11-6-12-21(33)14-20/h6,8,10-12,14-15,26-27,33-35H,5,7,9,13,16-17H2,1-4H3,(H,37,38)/b19-10+/t26-,27+,31-/m0/s1. The van der Waals surface area contributed by atoms with Crippen molar-refractivity contribution in [2.75, 3.05) is 0 Å². The number of aromatic hydroxyl groups is 2. The lowest BCUT2D eigenvalue weighted by Crippen LogP contribution is -2.49. The van der Waals surface area contributed by atoms with E-state index in [1.54, 1.807) is 6.07 Å². The minimum Gasteiger partial charge on any atom is -0.508 e. The Morgan fingerprint density at radius 1 is 1.15 bits per heavy atom. The second kappa shape index (κ2) is 11.1. The van der Waals surface area contributed by atoms with Crippen molar-refractivity contribution in [3.63, 3.8) is 0 Å². The number of rotatable bonds is 9. The third-order valence-electron chi connectivity index (χ3n) is 7.68. The van der Waals surface area contributed by atoms with Crippen LogP contribution in [0.1, 0.15) is 86.5 Å². The first-order chi connectivity index (χ1) is 18.4. The van der Waals surface area contributed by atoms with Crippen molar-refractivity contribution in [1.29, 1.82) is 0 Å². The van der Waals surface area contributed by atoms with Crippen LogP contribution >= 0.6 is 0 Å². The SMILES string of the molecule is CC(C)=CCC/C(C)=C/CC[C@]1(C)Oc2c(c(O)cc3c2CN([C@@H](C(=O)O)c2cccc(O)c2)C3=O)C[C@@H]1O. The lowest BCUT2D eigenvalue weighted by molar-refractivity contribution is -0.142. The highest BCUT2D eigenvalue weighted by atomic mass is 16.5. The van der Waals surface area contributed by atoms with E-state index < -0.39 is 29.6 Å². The molecule has 0 aromatic heterocycles. The predicted octanol–water partition coefficient (Wildman–Crippen LogP) is 5.41. The Morgan fingerprint density at radius 2 is 1.90 bits per heavy atom. The van der Waals surface area contributed by atoms with E-state index in [0.717, 1.165) is 12.8 Å². The van der Waals surface area contributed by atoms with Crippen LogP contribution in [0.5, 0.6) is 17.2 Å². The van der Waals surface area contributed by atoms with E-state index in [2.05, 4.69) is 32.9 Å². The molecule has 208 valence electrons. The monoisotopic (exact) mass is 535 g/mol. The molecule has 2 aliphatic rings. The first-order valence-corrected chi connectivity index (χ1v) is 13.3. The van der Waals surface area contributed by atoms with E-state index in [9.17, 15) is 30.0 Å². The van der Waals surface area contributed by atoms with Crippen molar-refractivity contribution in [2.45, 2.75) is 84.1 Å². The number of phenolic OH excluding ortho intramolecular Hbond substituents is 2. The zero-order valence-electron chi connectivity index (χ0n) is 22.9. The van der Waals surface area contributed by atoms with Gasteiger partial charge in [-0.05, 0) is 77.1 Å². The summed E-state index contributed by atoms with van der Waals surface area (Å²) in [5, 5.41) is 41.7. The maximum atomic E-state index is 13.4. The molecule has 2 aromatic carbocycles. The van der Waals surface area contributed by atoms with Gasteiger partial charge in [0.05, 0.1) is 18.2 Å². The quantitative estimate of drug-likeness (QED) is 0.316. The molecule has 2 heterocycles. The average Bonchev–Trinajstić information content (AvgIpc) is 3.16. The van der Waals surface area contributed by atoms with Gasteiger partial charge in [-0.25, -0.2) is 4.79 Å². The number of fused-ring (bicyclic) bond motifs is 3. The van der Waals surface area contributed by atoms with Crippen LogP contribution in [0, 0.1) is 0 Å². The molecule has 8 heteroatoms. The van der Waals surface area contributed by atoms with E-state index in [1.165, 1.54) is 40.3 Å². The lowest BCUT2D eigenvalue weighted by Gasteiger charge is -2.41. The predicted molar refractivity (Wildman–Crippen MR) is 147 cm³/mol. The second-order valence-electron chi connectivity index (χ2n) is 11.0. The van der Waals surface area contributed by atoms with Gasteiger partial charge in [-0.3, -0.25) is 4.79 Å². The Kier molecular flexibility index (Phi) is 8.07. The smallest absolute Gasteiger partial charge is 0.331 e. The maximum absolute atomic E-state index is 13.4. The molecule has 0 saturated carbocycles. The van der Waals surface area contributed by atoms with Crippen LogP contribution < -0.4 is 4.74 Å². The van der Waals surface area contributed by atoms with Crippen LogP contribution in [0.15, 0.2) is 53.6 Å². The number of ether oxygens (including phenoxy) is 1. The van der Waals surface area contributed by atoms with Crippen molar-refractivity contribution < 1.29 is 34.8 Å². The summed E-state index contributed by atoms with van der Waals surface area (Å²) in [6, 6.07) is 5.80. The second-order valence-corrected chi connectivity index (χ2v) is 11.0. The number of allylic oxidation sites excluding steroid dienone is 4. The fraction of sp³-hybridized carbons (Fsp3) is 0.419. The van der Waals surface area contributed by atoms with Gasteiger partial charge in [0.2, 0.25) is 0 Å². The maximum Gasteiger partial charge on any atom is 0.331 e. The molecule has 0 bridgehead atoms. The fourth-order valence-corrected chi connectivity index (χ4v) is 5.38. The van der Waals surface area contributed by atoms with E-state index in [1.807, 2.05) is 6.92 Å². The topological polar surface area (TPSA) is 128 Å². The lowest BCUT2D eigenvalue weighted by atomic mass is 9.84. The molecule has 2 aromatic rings. The molecule has 1 amide bonds. The Bertz CT molecular complexity index is 1340. The fourth-order valence-electron chi connectivity index (χ4n) is 5.38. The van der Waals surface area contributed by atoms with Crippen LogP contribution in [0.2, 0.25) is 0 Å². The van der Waals surface area contributed by atoms with Crippen LogP contribution in [-0.4, -0.2) is 48.9 Å². The van der Waals surface area contributed by atoms with Gasteiger partial charge in [-0.1, -0.05) is 35.4 Å². The first kappa shape index (κ1) is 28.2. The number of hydrogen-bond donors (Lipinski definition) is 4. The Labute approximate surface area is 228 Å². The van der Waals surface area contributed by atoms with Gasteiger partial charge in [-0.15, -0.1) is 0 Å². The van der Waals surface area contributed by atoms with Gasteiger partial charge < -0.3 is 30.1 Å². The summed E-state index contributed by atoms with van der Waals surface area (Å²) in [6.45, 7) is 8.03. The highest BCUT2D eigenvalue weighted by Gasteiger charge is 2.46. The Balaban J connectivity index is 1.60. The number of aliphatic hydroxyl groups excluding tert-OH is 1. The number of benzene rings is 2. The largest absolute Gasteiger partial charge is 0.508 e. The highest BCUT2D eigenvalue weighted by molar-refractivity contribution is 6.02. The molecular formula is C31H37NO7. The number of aliphatic hydroxyl groups is 1. The minimum atomic E-state index is -1.34. The number of aliphatic carboxylic acids is 1. The van der Waals surface area contributed by atoms with Crippen molar-refractivity contribution >= 4 is 11.9 Å². The molecule has 0 unspecified atom stereocenters. The zero-order chi connectivity index (χ0) is 28.5. The molecule has 0 radical (unpaired) electrons. The minimum absolute atomic E-state index is 0.0427. The molecule has 3 atom stereocenters. The number of carboxylic acids is 1. The molecule has 0 spiro atoms. The highest BCUT2D eigenvalue weighted by Crippen LogP contribution is 2.47. The van der Waals surface area contributed by atoms with Crippen LogP contribution in [0.3, 0.4) is 0 Å². The summed E-state index contributed by atoms with van der Waals surface area (Å²) < 4.78 is 6.40. The van der Waals surface area contributed by atoms with Crippen molar-refractivity contribution in [2.24, 2.45) is 0 Å². The van der Waals surface area contributed by atoms with Crippen molar-refractivity contribution in [3.05, 3.63) is 75.9 Å². The van der Waals surface area contributed by atoms with Crippen molar-refractivity contribution in [3.8, 4) is 17.2 Å². The number of carbonyl (C=O) groups is 2. The Morgan fingerprint density at radius 3 is 2.56 bits per heavy atom. The van der Waals surface area contributed by atoms with Crippen LogP contribution in [0.25, 0.3) is 0 Å². The summed E-state index contributed by atoms with van der Waals surface area (Å²) in [6.07, 6.45) is 6.78. The summed E-state index contributed by atoms with van der Waals surface area (Å²) in [4.78, 5) is 26.9. The normalized spacial score (nSPS) is 21.2. The number of carboxylic acid groups (broad SMARTS) is 1. The molecular weight excluding hydrogens is 498 g/mol. The van der Waals surface area contributed by atoms with Gasteiger partial charge >= 0.3 is 5.97 Å². The summed E-state index contributed by atoms with van der Waals surface area (Å²) in [7, 11) is 0. The van der Waals surface area contributed by atoms with Gasteiger partial charge in [0.15, 0.2) is 6.04 Å². The molecule has 4 rings (SSSR count). The average molecular weight is 536 g/mol. The Hall–Kier alpha value is -3.78. The van der Waals surface area contributed by atoms with E-state index in [4.69, 9.17) is 4.74 Å². The number of carbonyl (C=O) groups excluding carboxylic acids is 1. The van der Waals surface area contributed by atoms with E-state index in [-0.39, 0.29) is 35.6 Å². The molecule has 4 N–H and O–H groups in total. The van der Waals surface area contributed by atoms with E-state index >= 15 is 0 Å². The molecule has 0 aliphatic carbocycles. The summed E-state index contributed by atoms with van der Waals surface area (Å²) >= 11 is 0. The molecule has 0 fully saturated rings. The summed E-state index contributed by atoms with van der Waals surface area (Å²) in [5.74, 6) is -1.73. The van der Waals surface area contributed by atoms with Gasteiger partial charge in [0.1, 0.15) is 22.8 Å². The molecule has 39 heavy (non-hydrogen) atoms. The number of phenols is 2. The van der Waals surface area contributed by atoms with Crippen LogP contribution in [0.4, 0.5) is 0 Å². The third kappa shape index (κ3) is 5.81.